The Morgan fingerprint density at radius 1 is 1.53 bits per heavy atom. The van der Waals surface area contributed by atoms with Gasteiger partial charge in [0.25, 0.3) is 10.2 Å². The van der Waals surface area contributed by atoms with E-state index in [0.717, 1.165) is 23.6 Å². The van der Waals surface area contributed by atoms with Crippen molar-refractivity contribution in [2.75, 3.05) is 27.2 Å². The minimum absolute atomic E-state index is 0.0546. The van der Waals surface area contributed by atoms with Crippen molar-refractivity contribution >= 4 is 16.2 Å². The standard InChI is InChI=1S/C12H22N2O4S/c1-14(10-8-12(15)18-2)19(16,17)13-9-7-11-5-3-4-6-11/h5,13H,3-4,6-10H2,1-2H3. The number of carbonyl (C=O) groups excluding carboxylic acids is 1. The van der Waals surface area contributed by atoms with E-state index < -0.39 is 16.2 Å². The normalized spacial score (nSPS) is 15.6. The largest absolute Gasteiger partial charge is 0.469 e. The molecule has 1 aliphatic rings. The summed E-state index contributed by atoms with van der Waals surface area (Å²) >= 11 is 0. The zero-order valence-electron chi connectivity index (χ0n) is 11.5. The van der Waals surface area contributed by atoms with E-state index in [0.29, 0.717) is 6.54 Å². The highest BCUT2D eigenvalue weighted by atomic mass is 32.2. The predicted molar refractivity (Wildman–Crippen MR) is 72.7 cm³/mol. The highest BCUT2D eigenvalue weighted by Crippen LogP contribution is 2.19. The molecule has 0 aromatic carbocycles. The van der Waals surface area contributed by atoms with Crippen LogP contribution in [-0.2, 0) is 19.7 Å². The van der Waals surface area contributed by atoms with Gasteiger partial charge in [0.2, 0.25) is 0 Å². The third kappa shape index (κ3) is 5.71. The maximum Gasteiger partial charge on any atom is 0.306 e. The first-order valence-corrected chi connectivity index (χ1v) is 7.85. The zero-order chi connectivity index (χ0) is 14.3. The Bertz CT molecular complexity index is 431. The maximum atomic E-state index is 11.8. The van der Waals surface area contributed by atoms with Gasteiger partial charge < -0.3 is 4.74 Å². The Labute approximate surface area is 115 Å². The molecule has 0 saturated heterocycles. The lowest BCUT2D eigenvalue weighted by Crippen LogP contribution is -2.39. The molecule has 6 nitrogen and oxygen atoms in total. The Kier molecular flexibility index (Phi) is 6.47. The van der Waals surface area contributed by atoms with Crippen LogP contribution in [0.15, 0.2) is 11.6 Å². The summed E-state index contributed by atoms with van der Waals surface area (Å²) in [6.45, 7) is 0.515. The first-order chi connectivity index (χ1) is 8.95. The number of hydrogen-bond acceptors (Lipinski definition) is 4. The molecule has 0 unspecified atom stereocenters. The van der Waals surface area contributed by atoms with Gasteiger partial charge in [0.1, 0.15) is 0 Å². The van der Waals surface area contributed by atoms with E-state index in [-0.39, 0.29) is 13.0 Å². The summed E-state index contributed by atoms with van der Waals surface area (Å²) < 4.78 is 31.8. The van der Waals surface area contributed by atoms with Gasteiger partial charge in [-0.15, -0.1) is 0 Å². The molecule has 0 aromatic rings. The number of nitrogens with one attached hydrogen (secondary N) is 1. The molecule has 0 atom stereocenters. The quantitative estimate of drug-likeness (QED) is 0.530. The van der Waals surface area contributed by atoms with E-state index in [1.54, 1.807) is 0 Å². The van der Waals surface area contributed by atoms with E-state index in [2.05, 4.69) is 15.5 Å². The van der Waals surface area contributed by atoms with Crippen molar-refractivity contribution in [1.82, 2.24) is 9.03 Å². The summed E-state index contributed by atoms with van der Waals surface area (Å²) in [5.74, 6) is -0.418. The molecule has 0 amide bonds. The molecule has 19 heavy (non-hydrogen) atoms. The van der Waals surface area contributed by atoms with Gasteiger partial charge in [-0.3, -0.25) is 4.79 Å². The smallest absolute Gasteiger partial charge is 0.306 e. The molecule has 0 aliphatic heterocycles. The second-order valence-electron chi connectivity index (χ2n) is 4.55. The van der Waals surface area contributed by atoms with Gasteiger partial charge in [0.05, 0.1) is 13.5 Å². The number of carbonyl (C=O) groups is 1. The van der Waals surface area contributed by atoms with Gasteiger partial charge in [-0.2, -0.15) is 12.7 Å². The maximum absolute atomic E-state index is 11.8. The predicted octanol–water partition coefficient (Wildman–Crippen LogP) is 0.816. The van der Waals surface area contributed by atoms with Crippen LogP contribution >= 0.6 is 0 Å². The molecular formula is C12H22N2O4S. The van der Waals surface area contributed by atoms with Crippen molar-refractivity contribution in [2.45, 2.75) is 32.1 Å². The van der Waals surface area contributed by atoms with Crippen LogP contribution in [0.3, 0.4) is 0 Å². The summed E-state index contributed by atoms with van der Waals surface area (Å²) in [7, 11) is -0.781. The minimum atomic E-state index is -3.51. The van der Waals surface area contributed by atoms with Crippen LogP contribution in [0, 0.1) is 0 Å². The van der Waals surface area contributed by atoms with Crippen molar-refractivity contribution in [3.05, 3.63) is 11.6 Å². The third-order valence-electron chi connectivity index (χ3n) is 3.13. The lowest BCUT2D eigenvalue weighted by molar-refractivity contribution is -0.140. The molecule has 7 heteroatoms. The van der Waals surface area contributed by atoms with E-state index in [9.17, 15) is 13.2 Å². The summed E-state index contributed by atoms with van der Waals surface area (Å²) in [6, 6.07) is 0. The van der Waals surface area contributed by atoms with Crippen molar-refractivity contribution in [3.63, 3.8) is 0 Å². The molecule has 110 valence electrons. The highest BCUT2D eigenvalue weighted by molar-refractivity contribution is 7.87. The highest BCUT2D eigenvalue weighted by Gasteiger charge is 2.18. The number of allylic oxidation sites excluding steroid dienone is 1. The number of esters is 1. The molecular weight excluding hydrogens is 268 g/mol. The molecule has 0 saturated carbocycles. The van der Waals surface area contributed by atoms with Crippen LogP contribution in [0.5, 0.6) is 0 Å². The molecule has 0 radical (unpaired) electrons. The van der Waals surface area contributed by atoms with Crippen molar-refractivity contribution in [2.24, 2.45) is 0 Å². The Hall–Kier alpha value is -0.920. The Balaban J connectivity index is 2.31. The molecule has 0 fully saturated rings. The van der Waals surface area contributed by atoms with Gasteiger partial charge in [0, 0.05) is 20.1 Å². The van der Waals surface area contributed by atoms with E-state index >= 15 is 0 Å². The molecule has 1 rings (SSSR count). The number of methoxy groups -OCH3 is 1. The fraction of sp³-hybridized carbons (Fsp3) is 0.750. The third-order valence-corrected chi connectivity index (χ3v) is 4.71. The van der Waals surface area contributed by atoms with Crippen LogP contribution in [0.2, 0.25) is 0 Å². The fourth-order valence-electron chi connectivity index (χ4n) is 1.89. The van der Waals surface area contributed by atoms with Crippen LogP contribution in [0.1, 0.15) is 32.1 Å². The second kappa shape index (κ2) is 7.62. The monoisotopic (exact) mass is 290 g/mol. The second-order valence-corrected chi connectivity index (χ2v) is 6.41. The summed E-state index contributed by atoms with van der Waals surface area (Å²) in [6.07, 6.45) is 6.32. The van der Waals surface area contributed by atoms with Crippen molar-refractivity contribution in [3.8, 4) is 0 Å². The average molecular weight is 290 g/mol. The molecule has 0 heterocycles. The van der Waals surface area contributed by atoms with Gasteiger partial charge >= 0.3 is 5.97 Å². The summed E-state index contributed by atoms with van der Waals surface area (Å²) in [5, 5.41) is 0. The van der Waals surface area contributed by atoms with Crippen LogP contribution in [-0.4, -0.2) is 45.9 Å². The van der Waals surface area contributed by atoms with E-state index in [4.69, 9.17) is 0 Å². The average Bonchev–Trinajstić information content (AvgIpc) is 2.88. The molecule has 0 spiro atoms. The number of ether oxygens (including phenoxy) is 1. The number of hydrogen-bond donors (Lipinski definition) is 1. The fourth-order valence-corrected chi connectivity index (χ4v) is 2.80. The van der Waals surface area contributed by atoms with Crippen LogP contribution < -0.4 is 4.72 Å². The first-order valence-electron chi connectivity index (χ1n) is 6.41. The van der Waals surface area contributed by atoms with Gasteiger partial charge in [-0.05, 0) is 25.7 Å². The Morgan fingerprint density at radius 2 is 2.26 bits per heavy atom. The number of nitrogens with zero attached hydrogens (tertiary/aromatic N) is 1. The molecule has 0 aromatic heterocycles. The summed E-state index contributed by atoms with van der Waals surface area (Å²) in [5.41, 5.74) is 1.32. The lowest BCUT2D eigenvalue weighted by Gasteiger charge is -2.17. The first kappa shape index (κ1) is 16.1. The van der Waals surface area contributed by atoms with Gasteiger partial charge in [-0.1, -0.05) is 11.6 Å². The Morgan fingerprint density at radius 3 is 2.84 bits per heavy atom. The number of rotatable bonds is 8. The van der Waals surface area contributed by atoms with Gasteiger partial charge in [-0.25, -0.2) is 4.72 Å². The zero-order valence-corrected chi connectivity index (χ0v) is 12.3. The van der Waals surface area contributed by atoms with Crippen LogP contribution in [0.25, 0.3) is 0 Å². The molecule has 0 bridgehead atoms. The van der Waals surface area contributed by atoms with E-state index in [1.807, 2.05) is 0 Å². The van der Waals surface area contributed by atoms with Crippen LogP contribution in [0.4, 0.5) is 0 Å². The van der Waals surface area contributed by atoms with E-state index in [1.165, 1.54) is 26.2 Å². The van der Waals surface area contributed by atoms with Crippen molar-refractivity contribution < 1.29 is 17.9 Å². The SMILES string of the molecule is COC(=O)CCN(C)S(=O)(=O)NCCC1=CCCC1. The summed E-state index contributed by atoms with van der Waals surface area (Å²) in [4.78, 5) is 11.0. The molecule has 1 N–H and O–H groups in total. The van der Waals surface area contributed by atoms with Crippen molar-refractivity contribution in [1.29, 1.82) is 0 Å². The molecule has 1 aliphatic carbocycles. The van der Waals surface area contributed by atoms with Gasteiger partial charge in [0.15, 0.2) is 0 Å². The minimum Gasteiger partial charge on any atom is -0.469 e. The topological polar surface area (TPSA) is 75.7 Å². The lowest BCUT2D eigenvalue weighted by atomic mass is 10.2.